The molecule has 1 aromatic carbocycles. The Morgan fingerprint density at radius 2 is 1.97 bits per heavy atom. The van der Waals surface area contributed by atoms with E-state index in [9.17, 15) is 22.8 Å². The zero-order valence-corrected chi connectivity index (χ0v) is 22.0. The molecule has 204 valence electrons. The normalized spacial score (nSPS) is 13.3. The number of halogens is 3. The third-order valence-electron chi connectivity index (χ3n) is 6.51. The van der Waals surface area contributed by atoms with Crippen molar-refractivity contribution in [2.75, 3.05) is 25.5 Å². The molecule has 39 heavy (non-hydrogen) atoms. The molecule has 0 saturated carbocycles. The topological polar surface area (TPSA) is 94.3 Å². The van der Waals surface area contributed by atoms with E-state index < -0.39 is 17.3 Å². The number of anilines is 1. The maximum Gasteiger partial charge on any atom is 0.416 e. The first-order chi connectivity index (χ1) is 18.7. The van der Waals surface area contributed by atoms with E-state index in [2.05, 4.69) is 15.4 Å². The summed E-state index contributed by atoms with van der Waals surface area (Å²) in [7, 11) is 3.12. The summed E-state index contributed by atoms with van der Waals surface area (Å²) in [6, 6.07) is 10.6. The molecule has 0 spiro atoms. The first-order valence-electron chi connectivity index (χ1n) is 12.1. The van der Waals surface area contributed by atoms with Crippen molar-refractivity contribution in [3.8, 4) is 10.6 Å². The molecule has 1 amide bonds. The molecule has 1 aliphatic heterocycles. The van der Waals surface area contributed by atoms with Crippen molar-refractivity contribution in [3.05, 3.63) is 86.3 Å². The number of amides is 1. The first-order valence-corrected chi connectivity index (χ1v) is 13.0. The van der Waals surface area contributed by atoms with E-state index in [0.29, 0.717) is 48.4 Å². The Morgan fingerprint density at radius 3 is 2.64 bits per heavy atom. The maximum absolute atomic E-state index is 13.2. The van der Waals surface area contributed by atoms with E-state index in [0.717, 1.165) is 27.4 Å². The van der Waals surface area contributed by atoms with Gasteiger partial charge in [-0.2, -0.15) is 18.3 Å². The van der Waals surface area contributed by atoms with Crippen LogP contribution in [0.5, 0.6) is 0 Å². The fraction of sp³-hybridized carbons (Fsp3) is 0.308. The molecule has 0 fully saturated rings. The standard InChI is InChI=1S/C26H25F3N6O3S/c1-33-21(22-4-3-13-39-22)14-20(32-33)24(37)34-12-10-19-18(15-34)23(36)35(38-2)25(31-19)30-11-9-16-5-7-17(8-6-16)26(27,28)29/h3-8,13-14H,9-12,15H2,1-2H3,(H,30,31). The number of carbonyl (C=O) groups excluding carboxylic acids is 1. The number of rotatable bonds is 7. The van der Waals surface area contributed by atoms with Gasteiger partial charge in [0.25, 0.3) is 11.5 Å². The lowest BCUT2D eigenvalue weighted by atomic mass is 10.1. The van der Waals surface area contributed by atoms with Crippen LogP contribution in [0.3, 0.4) is 0 Å². The first kappa shape index (κ1) is 26.5. The Hall–Kier alpha value is -4.13. The largest absolute Gasteiger partial charge is 0.416 e. The second-order valence-corrected chi connectivity index (χ2v) is 9.95. The van der Waals surface area contributed by atoms with E-state index >= 15 is 0 Å². The minimum atomic E-state index is -4.39. The van der Waals surface area contributed by atoms with Gasteiger partial charge in [0.2, 0.25) is 5.95 Å². The zero-order valence-electron chi connectivity index (χ0n) is 21.2. The van der Waals surface area contributed by atoms with E-state index in [4.69, 9.17) is 4.84 Å². The van der Waals surface area contributed by atoms with Gasteiger partial charge in [-0.1, -0.05) is 18.2 Å². The molecule has 1 aliphatic rings. The minimum absolute atomic E-state index is 0.0695. The maximum atomic E-state index is 13.2. The van der Waals surface area contributed by atoms with Crippen molar-refractivity contribution in [2.24, 2.45) is 7.05 Å². The second kappa shape index (κ2) is 10.6. The summed E-state index contributed by atoms with van der Waals surface area (Å²) in [4.78, 5) is 38.9. The number of fused-ring (bicyclic) bond motifs is 1. The van der Waals surface area contributed by atoms with E-state index in [1.54, 1.807) is 34.0 Å². The number of aryl methyl sites for hydroxylation is 1. The van der Waals surface area contributed by atoms with Crippen LogP contribution in [0.15, 0.2) is 52.6 Å². The summed E-state index contributed by atoms with van der Waals surface area (Å²) < 4.78 is 41.0. The SMILES string of the molecule is COn1c(NCCc2ccc(C(F)(F)F)cc2)nc2c(c1=O)CN(C(=O)c1cc(-c3cccs3)n(C)n1)CC2. The summed E-state index contributed by atoms with van der Waals surface area (Å²) in [6.07, 6.45) is -3.60. The Morgan fingerprint density at radius 1 is 1.21 bits per heavy atom. The van der Waals surface area contributed by atoms with Crippen LogP contribution in [0, 0.1) is 0 Å². The van der Waals surface area contributed by atoms with Crippen molar-refractivity contribution in [1.29, 1.82) is 0 Å². The molecule has 0 aliphatic carbocycles. The fourth-order valence-corrected chi connectivity index (χ4v) is 5.25. The number of hydrogen-bond donors (Lipinski definition) is 1. The molecular formula is C26H25F3N6O3S. The molecule has 4 heterocycles. The average Bonchev–Trinajstić information content (AvgIpc) is 3.58. The van der Waals surface area contributed by atoms with Crippen LogP contribution in [0.25, 0.3) is 10.6 Å². The lowest BCUT2D eigenvalue weighted by Gasteiger charge is -2.28. The Kier molecular flexibility index (Phi) is 7.17. The minimum Gasteiger partial charge on any atom is -0.411 e. The van der Waals surface area contributed by atoms with Gasteiger partial charge in [0.05, 0.1) is 33.9 Å². The van der Waals surface area contributed by atoms with Gasteiger partial charge in [-0.3, -0.25) is 14.3 Å². The molecule has 9 nitrogen and oxygen atoms in total. The van der Waals surface area contributed by atoms with E-state index in [1.807, 2.05) is 17.5 Å². The number of thiophene rings is 1. The monoisotopic (exact) mass is 558 g/mol. The number of alkyl halides is 3. The highest BCUT2D eigenvalue weighted by Crippen LogP contribution is 2.29. The molecule has 0 atom stereocenters. The van der Waals surface area contributed by atoms with Crippen LogP contribution in [-0.4, -0.2) is 50.5 Å². The van der Waals surface area contributed by atoms with Crippen molar-refractivity contribution in [2.45, 2.75) is 25.6 Å². The number of aromatic nitrogens is 4. The predicted octanol–water partition coefficient (Wildman–Crippen LogP) is 3.64. The molecule has 1 N–H and O–H groups in total. The van der Waals surface area contributed by atoms with Crippen molar-refractivity contribution in [3.63, 3.8) is 0 Å². The smallest absolute Gasteiger partial charge is 0.411 e. The second-order valence-electron chi connectivity index (χ2n) is 9.01. The number of hydrogen-bond acceptors (Lipinski definition) is 7. The third-order valence-corrected chi connectivity index (χ3v) is 7.40. The molecule has 13 heteroatoms. The van der Waals surface area contributed by atoms with Gasteiger partial charge < -0.3 is 15.1 Å². The van der Waals surface area contributed by atoms with Crippen LogP contribution < -0.4 is 15.7 Å². The van der Waals surface area contributed by atoms with E-state index in [-0.39, 0.29) is 18.4 Å². The summed E-state index contributed by atoms with van der Waals surface area (Å²) in [5, 5.41) is 9.38. The Balaban J connectivity index is 1.29. The molecule has 3 aromatic heterocycles. The van der Waals surface area contributed by atoms with Crippen LogP contribution in [0.4, 0.5) is 19.1 Å². The fourth-order valence-electron chi connectivity index (χ4n) is 4.48. The molecular weight excluding hydrogens is 533 g/mol. The Bertz CT molecular complexity index is 1540. The Labute approximate surface area is 225 Å². The highest BCUT2D eigenvalue weighted by Gasteiger charge is 2.30. The molecule has 0 unspecified atom stereocenters. The summed E-state index contributed by atoms with van der Waals surface area (Å²) in [6.45, 7) is 0.752. The number of nitrogens with zero attached hydrogens (tertiary/aromatic N) is 5. The van der Waals surface area contributed by atoms with Crippen LogP contribution in [0.1, 0.15) is 32.9 Å². The van der Waals surface area contributed by atoms with Crippen LogP contribution in [-0.2, 0) is 32.6 Å². The van der Waals surface area contributed by atoms with Gasteiger partial charge in [0.1, 0.15) is 7.11 Å². The van der Waals surface area contributed by atoms with Gasteiger partial charge in [0.15, 0.2) is 5.69 Å². The molecule has 0 radical (unpaired) electrons. The van der Waals surface area contributed by atoms with Crippen molar-refractivity contribution in [1.82, 2.24) is 24.4 Å². The van der Waals surface area contributed by atoms with Crippen molar-refractivity contribution < 1.29 is 22.8 Å². The lowest BCUT2D eigenvalue weighted by molar-refractivity contribution is -0.137. The van der Waals surface area contributed by atoms with E-state index in [1.165, 1.54) is 19.2 Å². The quantitative estimate of drug-likeness (QED) is 0.372. The van der Waals surface area contributed by atoms with Crippen molar-refractivity contribution >= 4 is 23.2 Å². The molecule has 4 aromatic rings. The van der Waals surface area contributed by atoms with Gasteiger partial charge >= 0.3 is 6.18 Å². The highest BCUT2D eigenvalue weighted by molar-refractivity contribution is 7.13. The number of carbonyl (C=O) groups is 1. The molecule has 0 saturated heterocycles. The summed E-state index contributed by atoms with van der Waals surface area (Å²) in [5.74, 6) is -0.0839. The van der Waals surface area contributed by atoms with Gasteiger partial charge in [-0.15, -0.1) is 16.1 Å². The predicted molar refractivity (Wildman–Crippen MR) is 140 cm³/mol. The van der Waals surface area contributed by atoms with Crippen LogP contribution >= 0.6 is 11.3 Å². The van der Waals surface area contributed by atoms with Gasteiger partial charge in [-0.05, 0) is 41.6 Å². The van der Waals surface area contributed by atoms with Crippen LogP contribution in [0.2, 0.25) is 0 Å². The number of nitrogens with one attached hydrogen (secondary N) is 1. The molecule has 5 rings (SSSR count). The lowest BCUT2D eigenvalue weighted by Crippen LogP contribution is -2.42. The third kappa shape index (κ3) is 5.39. The highest BCUT2D eigenvalue weighted by atomic mass is 32.1. The zero-order chi connectivity index (χ0) is 27.7. The van der Waals surface area contributed by atoms with Gasteiger partial charge in [-0.25, -0.2) is 4.98 Å². The average molecular weight is 559 g/mol. The molecule has 0 bridgehead atoms. The van der Waals surface area contributed by atoms with Gasteiger partial charge in [0, 0.05) is 26.6 Å². The summed E-state index contributed by atoms with van der Waals surface area (Å²) >= 11 is 1.56. The number of benzene rings is 1. The summed E-state index contributed by atoms with van der Waals surface area (Å²) in [5.41, 5.74) is 1.62.